The summed E-state index contributed by atoms with van der Waals surface area (Å²) >= 11 is 0. The summed E-state index contributed by atoms with van der Waals surface area (Å²) in [6.07, 6.45) is 8.76. The largest absolute Gasteiger partial charge is 0.508 e. The van der Waals surface area contributed by atoms with E-state index in [0.717, 1.165) is 19.4 Å². The molecule has 0 heterocycles. The first-order chi connectivity index (χ1) is 5.81. The maximum absolute atomic E-state index is 9.25. The molecule has 2 N–H and O–H groups in total. The van der Waals surface area contributed by atoms with E-state index in [9.17, 15) is 5.11 Å². The number of allylic oxidation sites excluding steroid dienone is 2. The molecule has 0 atom stereocenters. The molecule has 0 aromatic carbocycles. The smallest absolute Gasteiger partial charge is 0.111 e. The molecule has 0 saturated carbocycles. The molecule has 0 aromatic heterocycles. The van der Waals surface area contributed by atoms with Crippen LogP contribution in [-0.2, 0) is 0 Å². The predicted molar refractivity (Wildman–Crippen MR) is 53.3 cm³/mol. The maximum Gasteiger partial charge on any atom is 0.111 e. The van der Waals surface area contributed by atoms with Crippen molar-refractivity contribution in [2.24, 2.45) is 0 Å². The highest BCUT2D eigenvalue weighted by molar-refractivity contribution is 5.10. The quantitative estimate of drug-likeness (QED) is 0.363. The first-order valence-electron chi connectivity index (χ1n) is 4.51. The second kappa shape index (κ2) is 8.34. The van der Waals surface area contributed by atoms with E-state index in [2.05, 4.69) is 12.2 Å². The van der Waals surface area contributed by atoms with Gasteiger partial charge in [-0.1, -0.05) is 19.4 Å². The lowest BCUT2D eigenvalue weighted by Gasteiger charge is -1.92. The van der Waals surface area contributed by atoms with E-state index >= 15 is 0 Å². The fraction of sp³-hybridized carbons (Fsp3) is 0.600. The van der Waals surface area contributed by atoms with E-state index in [1.807, 2.05) is 19.2 Å². The first-order valence-corrected chi connectivity index (χ1v) is 4.51. The van der Waals surface area contributed by atoms with Crippen LogP contribution in [0.4, 0.5) is 0 Å². The molecule has 0 saturated heterocycles. The number of nitrogens with one attached hydrogen (secondary N) is 1. The van der Waals surface area contributed by atoms with Crippen molar-refractivity contribution in [3.63, 3.8) is 0 Å². The first kappa shape index (κ1) is 11.2. The van der Waals surface area contributed by atoms with Gasteiger partial charge in [-0.25, -0.2) is 0 Å². The third-order valence-electron chi connectivity index (χ3n) is 1.52. The fourth-order valence-corrected chi connectivity index (χ4v) is 0.820. The maximum atomic E-state index is 9.25. The molecule has 0 unspecified atom stereocenters. The Morgan fingerprint density at radius 3 is 2.83 bits per heavy atom. The monoisotopic (exact) mass is 169 g/mol. The lowest BCUT2D eigenvalue weighted by atomic mass is 10.2. The van der Waals surface area contributed by atoms with E-state index < -0.39 is 0 Å². The van der Waals surface area contributed by atoms with Gasteiger partial charge in [0.2, 0.25) is 0 Å². The average molecular weight is 169 g/mol. The molecule has 70 valence electrons. The summed E-state index contributed by atoms with van der Waals surface area (Å²) in [6.45, 7) is 2.94. The molecule has 0 aliphatic heterocycles. The number of aliphatic hydroxyl groups is 1. The number of rotatable bonds is 6. The fourth-order valence-electron chi connectivity index (χ4n) is 0.820. The van der Waals surface area contributed by atoms with Crippen molar-refractivity contribution in [1.29, 1.82) is 0 Å². The highest BCUT2D eigenvalue weighted by atomic mass is 16.3. The van der Waals surface area contributed by atoms with E-state index in [4.69, 9.17) is 0 Å². The number of unbranched alkanes of at least 4 members (excludes halogenated alkanes) is 2. The Labute approximate surface area is 75.0 Å². The zero-order chi connectivity index (χ0) is 9.23. The summed E-state index contributed by atoms with van der Waals surface area (Å²) in [5, 5.41) is 12.2. The van der Waals surface area contributed by atoms with Crippen LogP contribution in [0.1, 0.15) is 26.2 Å². The zero-order valence-electron chi connectivity index (χ0n) is 8.01. The van der Waals surface area contributed by atoms with Crippen LogP contribution >= 0.6 is 0 Å². The third-order valence-corrected chi connectivity index (χ3v) is 1.52. The van der Waals surface area contributed by atoms with Gasteiger partial charge in [0, 0.05) is 6.54 Å². The predicted octanol–water partition coefficient (Wildman–Crippen LogP) is 2.39. The van der Waals surface area contributed by atoms with Crippen molar-refractivity contribution in [2.45, 2.75) is 26.2 Å². The van der Waals surface area contributed by atoms with E-state index in [-0.39, 0.29) is 0 Å². The summed E-state index contributed by atoms with van der Waals surface area (Å²) in [6, 6.07) is 0. The molecule has 0 amide bonds. The number of likely N-dealkylation sites (N-methyl/N-ethyl adjacent to an activating group) is 1. The normalized spacial score (nSPS) is 12.7. The van der Waals surface area contributed by atoms with Crippen LogP contribution in [0, 0.1) is 0 Å². The molecule has 0 fully saturated rings. The zero-order valence-corrected chi connectivity index (χ0v) is 8.01. The second-order valence-electron chi connectivity index (χ2n) is 2.73. The van der Waals surface area contributed by atoms with Gasteiger partial charge in [-0.2, -0.15) is 0 Å². The minimum atomic E-state index is 0.374. The highest BCUT2D eigenvalue weighted by Crippen LogP contribution is 1.99. The van der Waals surface area contributed by atoms with Crippen LogP contribution < -0.4 is 5.32 Å². The summed E-state index contributed by atoms with van der Waals surface area (Å²) in [7, 11) is 1.88. The van der Waals surface area contributed by atoms with Gasteiger partial charge in [0.25, 0.3) is 0 Å². The van der Waals surface area contributed by atoms with E-state index in [1.165, 1.54) is 6.42 Å². The molecular weight excluding hydrogens is 150 g/mol. The Morgan fingerprint density at radius 2 is 2.25 bits per heavy atom. The van der Waals surface area contributed by atoms with E-state index in [0.29, 0.717) is 5.76 Å². The summed E-state index contributed by atoms with van der Waals surface area (Å²) < 4.78 is 0. The third kappa shape index (κ3) is 7.35. The molecular formula is C10H19NO. The van der Waals surface area contributed by atoms with Crippen LogP contribution in [-0.4, -0.2) is 18.7 Å². The average Bonchev–Trinajstić information content (AvgIpc) is 2.06. The van der Waals surface area contributed by atoms with Gasteiger partial charge in [0.1, 0.15) is 5.76 Å². The van der Waals surface area contributed by atoms with E-state index in [1.54, 1.807) is 6.08 Å². The molecule has 12 heavy (non-hydrogen) atoms. The minimum Gasteiger partial charge on any atom is -0.508 e. The molecule has 2 heteroatoms. The highest BCUT2D eigenvalue weighted by Gasteiger charge is 1.84. The van der Waals surface area contributed by atoms with Gasteiger partial charge < -0.3 is 10.4 Å². The van der Waals surface area contributed by atoms with Crippen LogP contribution in [0.25, 0.3) is 0 Å². The lowest BCUT2D eigenvalue weighted by Crippen LogP contribution is -2.03. The van der Waals surface area contributed by atoms with Crippen LogP contribution in [0.15, 0.2) is 24.0 Å². The van der Waals surface area contributed by atoms with Gasteiger partial charge in [0.05, 0.1) is 0 Å². The van der Waals surface area contributed by atoms with Crippen LogP contribution in [0.3, 0.4) is 0 Å². The molecule has 0 aliphatic carbocycles. The van der Waals surface area contributed by atoms with Gasteiger partial charge in [-0.15, -0.1) is 0 Å². The lowest BCUT2D eigenvalue weighted by molar-refractivity contribution is 0.428. The summed E-state index contributed by atoms with van der Waals surface area (Å²) in [4.78, 5) is 0. The molecule has 0 bridgehead atoms. The Morgan fingerprint density at radius 1 is 1.50 bits per heavy atom. The topological polar surface area (TPSA) is 32.3 Å². The van der Waals surface area contributed by atoms with Gasteiger partial charge >= 0.3 is 0 Å². The number of aliphatic hydroxyl groups excluding tert-OH is 1. The van der Waals surface area contributed by atoms with Crippen molar-refractivity contribution in [2.75, 3.05) is 13.6 Å². The molecule has 0 aliphatic rings. The Bertz CT molecular complexity index is 150. The van der Waals surface area contributed by atoms with Crippen molar-refractivity contribution >= 4 is 0 Å². The second-order valence-corrected chi connectivity index (χ2v) is 2.73. The van der Waals surface area contributed by atoms with Crippen molar-refractivity contribution in [3.8, 4) is 0 Å². The van der Waals surface area contributed by atoms with Gasteiger partial charge in [-0.3, -0.25) is 0 Å². The summed E-state index contributed by atoms with van der Waals surface area (Å²) in [5.74, 6) is 0.374. The van der Waals surface area contributed by atoms with Gasteiger partial charge in [0.15, 0.2) is 0 Å². The molecule has 0 radical (unpaired) electrons. The van der Waals surface area contributed by atoms with Gasteiger partial charge in [-0.05, 0) is 32.0 Å². The molecule has 2 nitrogen and oxygen atoms in total. The summed E-state index contributed by atoms with van der Waals surface area (Å²) in [5.41, 5.74) is 0. The van der Waals surface area contributed by atoms with Crippen molar-refractivity contribution < 1.29 is 5.11 Å². The number of hydrogen-bond acceptors (Lipinski definition) is 2. The minimum absolute atomic E-state index is 0.374. The molecule has 0 spiro atoms. The Hall–Kier alpha value is -0.760. The van der Waals surface area contributed by atoms with Crippen LogP contribution in [0.5, 0.6) is 0 Å². The van der Waals surface area contributed by atoms with Crippen molar-refractivity contribution in [1.82, 2.24) is 5.32 Å². The molecule has 0 rings (SSSR count). The van der Waals surface area contributed by atoms with Crippen molar-refractivity contribution in [3.05, 3.63) is 24.0 Å². The molecule has 0 aromatic rings. The number of hydrogen-bond donors (Lipinski definition) is 2. The Balaban J connectivity index is 3.54. The Kier molecular flexibility index (Phi) is 7.81. The SMILES string of the molecule is CCCC/C=C(O)\C=C/CNC. The van der Waals surface area contributed by atoms with Crippen LogP contribution in [0.2, 0.25) is 0 Å². The standard InChI is InChI=1S/C10H19NO/c1-3-4-5-7-10(12)8-6-9-11-2/h6-8,11-12H,3-5,9H2,1-2H3/b8-6-,10-7+.